The van der Waals surface area contributed by atoms with Gasteiger partial charge >= 0.3 is 0 Å². The summed E-state index contributed by atoms with van der Waals surface area (Å²) in [7, 11) is 0. The molecule has 0 radical (unpaired) electrons. The Kier molecular flexibility index (Phi) is 4.68. The summed E-state index contributed by atoms with van der Waals surface area (Å²) in [5.74, 6) is 0.659. The molecular formula is C14H17N3O2S. The Morgan fingerprint density at radius 2 is 2.20 bits per heavy atom. The highest BCUT2D eigenvalue weighted by atomic mass is 32.2. The number of aryl methyl sites for hydroxylation is 1. The molecule has 0 amide bonds. The van der Waals surface area contributed by atoms with E-state index < -0.39 is 0 Å². The lowest BCUT2D eigenvalue weighted by molar-refractivity contribution is 0.318. The molecule has 2 rings (SSSR count). The molecule has 0 bridgehead atoms. The van der Waals surface area contributed by atoms with Gasteiger partial charge in [0.05, 0.1) is 12.3 Å². The van der Waals surface area contributed by atoms with Gasteiger partial charge in [-0.3, -0.25) is 4.79 Å². The fourth-order valence-corrected chi connectivity index (χ4v) is 2.49. The van der Waals surface area contributed by atoms with Crippen LogP contribution in [0.25, 0.3) is 0 Å². The molecule has 1 aromatic heterocycles. The van der Waals surface area contributed by atoms with E-state index in [4.69, 9.17) is 10.5 Å². The van der Waals surface area contributed by atoms with Gasteiger partial charge in [0, 0.05) is 16.7 Å². The van der Waals surface area contributed by atoms with Crippen molar-refractivity contribution >= 4 is 17.4 Å². The third-order valence-corrected chi connectivity index (χ3v) is 3.39. The lowest BCUT2D eigenvalue weighted by Crippen LogP contribution is -2.07. The van der Waals surface area contributed by atoms with Crippen LogP contribution in [0.4, 0.5) is 5.69 Å². The summed E-state index contributed by atoms with van der Waals surface area (Å²) in [5.41, 5.74) is 7.00. The Bertz CT molecular complexity index is 655. The topological polar surface area (TPSA) is 81.0 Å². The number of hydrogen-bond acceptors (Lipinski definition) is 5. The second-order valence-electron chi connectivity index (χ2n) is 4.34. The Morgan fingerprint density at radius 1 is 1.40 bits per heavy atom. The van der Waals surface area contributed by atoms with E-state index in [0.29, 0.717) is 28.9 Å². The van der Waals surface area contributed by atoms with Crippen molar-refractivity contribution in [2.45, 2.75) is 30.3 Å². The maximum atomic E-state index is 11.4. The molecule has 1 heterocycles. The summed E-state index contributed by atoms with van der Waals surface area (Å²) in [6.45, 7) is 4.45. The van der Waals surface area contributed by atoms with Crippen molar-refractivity contribution in [1.82, 2.24) is 9.97 Å². The van der Waals surface area contributed by atoms with Crippen molar-refractivity contribution in [2.75, 3.05) is 12.3 Å². The van der Waals surface area contributed by atoms with Gasteiger partial charge in [-0.15, -0.1) is 0 Å². The number of aromatic nitrogens is 2. The number of nitrogen functional groups attached to an aromatic ring is 1. The van der Waals surface area contributed by atoms with Crippen LogP contribution < -0.4 is 16.0 Å². The number of ether oxygens (including phenoxy) is 1. The molecule has 1 aromatic carbocycles. The number of nitrogens with zero attached hydrogens (tertiary/aromatic N) is 1. The van der Waals surface area contributed by atoms with Crippen molar-refractivity contribution in [3.63, 3.8) is 0 Å². The van der Waals surface area contributed by atoms with Crippen LogP contribution in [-0.2, 0) is 0 Å². The monoisotopic (exact) mass is 291 g/mol. The van der Waals surface area contributed by atoms with Gasteiger partial charge < -0.3 is 15.5 Å². The van der Waals surface area contributed by atoms with Gasteiger partial charge in [0.1, 0.15) is 5.75 Å². The molecule has 6 heteroatoms. The molecule has 0 aliphatic heterocycles. The Labute approximate surface area is 121 Å². The molecule has 2 aromatic rings. The summed E-state index contributed by atoms with van der Waals surface area (Å²) in [5, 5.41) is 0.557. The van der Waals surface area contributed by atoms with Gasteiger partial charge in [-0.2, -0.15) is 0 Å². The number of nitrogens with two attached hydrogens (primary N) is 1. The predicted molar refractivity (Wildman–Crippen MR) is 80.4 cm³/mol. The summed E-state index contributed by atoms with van der Waals surface area (Å²) in [4.78, 5) is 19.3. The van der Waals surface area contributed by atoms with Crippen molar-refractivity contribution in [3.05, 3.63) is 40.3 Å². The molecule has 0 saturated carbocycles. The van der Waals surface area contributed by atoms with Gasteiger partial charge in [0.15, 0.2) is 5.16 Å². The van der Waals surface area contributed by atoms with E-state index in [1.165, 1.54) is 17.8 Å². The normalized spacial score (nSPS) is 10.5. The minimum atomic E-state index is -0.155. The maximum absolute atomic E-state index is 11.4. The summed E-state index contributed by atoms with van der Waals surface area (Å²) in [6, 6.07) is 6.99. The fourth-order valence-electron chi connectivity index (χ4n) is 1.63. The van der Waals surface area contributed by atoms with E-state index >= 15 is 0 Å². The van der Waals surface area contributed by atoms with Crippen molar-refractivity contribution in [3.8, 4) is 5.75 Å². The first-order chi connectivity index (χ1) is 9.58. The summed E-state index contributed by atoms with van der Waals surface area (Å²) >= 11 is 1.37. The number of aromatic amines is 1. The number of rotatable bonds is 5. The predicted octanol–water partition coefficient (Wildman–Crippen LogP) is 2.60. The van der Waals surface area contributed by atoms with E-state index in [1.54, 1.807) is 13.0 Å². The third-order valence-electron chi connectivity index (χ3n) is 2.51. The standard InChI is InChI=1S/C14H17N3O2S/c1-3-6-19-12-8-10(4-5-11(12)15)20-14-16-9(2)7-13(18)17-14/h4-5,7-8H,3,6,15H2,1-2H3,(H,16,17,18). The van der Waals surface area contributed by atoms with Crippen LogP contribution in [0.5, 0.6) is 5.75 Å². The fraction of sp³-hybridized carbons (Fsp3) is 0.286. The van der Waals surface area contributed by atoms with Crippen molar-refractivity contribution < 1.29 is 4.74 Å². The third kappa shape index (κ3) is 3.77. The van der Waals surface area contributed by atoms with Crippen LogP contribution in [0, 0.1) is 6.92 Å². The van der Waals surface area contributed by atoms with E-state index in [0.717, 1.165) is 11.3 Å². The molecule has 0 saturated heterocycles. The molecule has 0 atom stereocenters. The average Bonchev–Trinajstić information content (AvgIpc) is 2.38. The zero-order valence-electron chi connectivity index (χ0n) is 11.5. The van der Waals surface area contributed by atoms with Crippen LogP contribution in [0.2, 0.25) is 0 Å². The van der Waals surface area contributed by atoms with E-state index in [1.807, 2.05) is 19.1 Å². The van der Waals surface area contributed by atoms with Gasteiger partial charge in [-0.05, 0) is 31.5 Å². The van der Waals surface area contributed by atoms with Crippen LogP contribution >= 0.6 is 11.8 Å². The molecule has 0 fully saturated rings. The lowest BCUT2D eigenvalue weighted by atomic mass is 10.3. The summed E-state index contributed by atoms with van der Waals surface area (Å²) in [6.07, 6.45) is 0.920. The molecule has 20 heavy (non-hydrogen) atoms. The van der Waals surface area contributed by atoms with E-state index in [2.05, 4.69) is 9.97 Å². The highest BCUT2D eigenvalue weighted by Crippen LogP contribution is 2.31. The van der Waals surface area contributed by atoms with Crippen molar-refractivity contribution in [1.29, 1.82) is 0 Å². The highest BCUT2D eigenvalue weighted by Gasteiger charge is 2.06. The van der Waals surface area contributed by atoms with Crippen LogP contribution in [0.3, 0.4) is 0 Å². The van der Waals surface area contributed by atoms with Gasteiger partial charge in [-0.1, -0.05) is 18.7 Å². The molecule has 106 valence electrons. The molecule has 5 nitrogen and oxygen atoms in total. The SMILES string of the molecule is CCCOc1cc(Sc2nc(C)cc(=O)[nH]2)ccc1N. The second-order valence-corrected chi connectivity index (χ2v) is 5.40. The minimum absolute atomic E-state index is 0.155. The molecule has 0 aliphatic carbocycles. The smallest absolute Gasteiger partial charge is 0.251 e. The maximum Gasteiger partial charge on any atom is 0.251 e. The number of benzene rings is 1. The zero-order chi connectivity index (χ0) is 14.5. The molecule has 0 aliphatic rings. The Morgan fingerprint density at radius 3 is 2.90 bits per heavy atom. The molecule has 0 spiro atoms. The Hall–Kier alpha value is -1.95. The van der Waals surface area contributed by atoms with Crippen LogP contribution in [0.1, 0.15) is 19.0 Å². The molecule has 3 N–H and O–H groups in total. The van der Waals surface area contributed by atoms with Crippen molar-refractivity contribution in [2.24, 2.45) is 0 Å². The minimum Gasteiger partial charge on any atom is -0.491 e. The zero-order valence-corrected chi connectivity index (χ0v) is 12.3. The van der Waals surface area contributed by atoms with Gasteiger partial charge in [-0.25, -0.2) is 4.98 Å². The van der Waals surface area contributed by atoms with Gasteiger partial charge in [0.25, 0.3) is 5.56 Å². The average molecular weight is 291 g/mol. The van der Waals surface area contributed by atoms with E-state index in [-0.39, 0.29) is 5.56 Å². The first kappa shape index (κ1) is 14.5. The largest absolute Gasteiger partial charge is 0.491 e. The number of nitrogens with one attached hydrogen (secondary N) is 1. The first-order valence-corrected chi connectivity index (χ1v) is 7.18. The van der Waals surface area contributed by atoms with E-state index in [9.17, 15) is 4.79 Å². The van der Waals surface area contributed by atoms with Gasteiger partial charge in [0.2, 0.25) is 0 Å². The molecule has 0 unspecified atom stereocenters. The number of anilines is 1. The highest BCUT2D eigenvalue weighted by molar-refractivity contribution is 7.99. The number of H-pyrrole nitrogens is 1. The lowest BCUT2D eigenvalue weighted by Gasteiger charge is -2.09. The van der Waals surface area contributed by atoms with Crippen LogP contribution in [0.15, 0.2) is 39.1 Å². The molecular weight excluding hydrogens is 274 g/mol. The van der Waals surface area contributed by atoms with Crippen LogP contribution in [-0.4, -0.2) is 16.6 Å². The Balaban J connectivity index is 2.22. The first-order valence-electron chi connectivity index (χ1n) is 6.36. The summed E-state index contributed by atoms with van der Waals surface area (Å²) < 4.78 is 5.58. The number of hydrogen-bond donors (Lipinski definition) is 2. The second kappa shape index (κ2) is 6.47. The quantitative estimate of drug-likeness (QED) is 0.653.